The molecule has 0 radical (unpaired) electrons. The van der Waals surface area contributed by atoms with Crippen LogP contribution in [0.15, 0.2) is 0 Å². The van der Waals surface area contributed by atoms with Crippen molar-refractivity contribution in [3.8, 4) is 0 Å². The van der Waals surface area contributed by atoms with E-state index in [1.165, 1.54) is 0 Å². The summed E-state index contributed by atoms with van der Waals surface area (Å²) in [7, 11) is 0. The van der Waals surface area contributed by atoms with Crippen LogP contribution in [-0.2, 0) is 0 Å². The summed E-state index contributed by atoms with van der Waals surface area (Å²) in [6.07, 6.45) is -0.681. The summed E-state index contributed by atoms with van der Waals surface area (Å²) in [5.74, 6) is 0.152. The minimum Gasteiger partial charge on any atom is -0.246 e. The second kappa shape index (κ2) is 3.42. The van der Waals surface area contributed by atoms with E-state index in [2.05, 4.69) is 15.9 Å². The molecule has 0 aromatic heterocycles. The second-order valence-electron chi connectivity index (χ2n) is 1.91. The second-order valence-corrected chi connectivity index (χ2v) is 2.56. The van der Waals surface area contributed by atoms with Crippen LogP contribution in [-0.4, -0.2) is 11.5 Å². The van der Waals surface area contributed by atoms with E-state index in [1.807, 2.05) is 13.8 Å². The Kier molecular flexibility index (Phi) is 3.62. The molecular weight excluding hydrogens is 159 g/mol. The van der Waals surface area contributed by atoms with Gasteiger partial charge in [-0.25, -0.2) is 4.39 Å². The average molecular weight is 169 g/mol. The number of halogens is 2. The zero-order chi connectivity index (χ0) is 5.86. The van der Waals surface area contributed by atoms with Crippen LogP contribution in [0.2, 0.25) is 0 Å². The van der Waals surface area contributed by atoms with Gasteiger partial charge >= 0.3 is 0 Å². The van der Waals surface area contributed by atoms with E-state index >= 15 is 0 Å². The van der Waals surface area contributed by atoms with Crippen molar-refractivity contribution < 1.29 is 4.39 Å². The molecule has 0 N–H and O–H groups in total. The van der Waals surface area contributed by atoms with Crippen molar-refractivity contribution in [3.63, 3.8) is 0 Å². The predicted molar refractivity (Wildman–Crippen MR) is 33.5 cm³/mol. The van der Waals surface area contributed by atoms with Crippen LogP contribution >= 0.6 is 15.9 Å². The Morgan fingerprint density at radius 3 is 2.00 bits per heavy atom. The molecule has 2 heteroatoms. The molecular formula is C5H10BrF. The molecule has 1 atom stereocenters. The van der Waals surface area contributed by atoms with E-state index < -0.39 is 6.17 Å². The zero-order valence-electron chi connectivity index (χ0n) is 4.62. The fourth-order valence-corrected chi connectivity index (χ4v) is 0.926. The van der Waals surface area contributed by atoms with Crippen molar-refractivity contribution in [2.75, 3.05) is 5.33 Å². The summed E-state index contributed by atoms with van der Waals surface area (Å²) < 4.78 is 12.2. The van der Waals surface area contributed by atoms with Gasteiger partial charge in [0.25, 0.3) is 0 Å². The predicted octanol–water partition coefficient (Wildman–Crippen LogP) is 2.38. The van der Waals surface area contributed by atoms with Crippen molar-refractivity contribution in [1.82, 2.24) is 0 Å². The molecule has 0 amide bonds. The standard InChI is InChI=1S/C5H10BrF/c1-4(2)5(7)3-6/h4-5H,3H2,1-2H3/t5-/m1/s1. The Labute approximate surface area is 52.2 Å². The van der Waals surface area contributed by atoms with Crippen LogP contribution in [0, 0.1) is 5.92 Å². The fraction of sp³-hybridized carbons (Fsp3) is 1.00. The molecule has 0 rings (SSSR count). The summed E-state index contributed by atoms with van der Waals surface area (Å²) in [6.45, 7) is 3.73. The molecule has 0 saturated heterocycles. The number of alkyl halides is 2. The van der Waals surface area contributed by atoms with Gasteiger partial charge in [-0.05, 0) is 5.92 Å². The van der Waals surface area contributed by atoms with Gasteiger partial charge in [-0.15, -0.1) is 0 Å². The molecule has 0 bridgehead atoms. The van der Waals surface area contributed by atoms with E-state index in [9.17, 15) is 4.39 Å². The third-order valence-electron chi connectivity index (χ3n) is 0.871. The number of rotatable bonds is 2. The van der Waals surface area contributed by atoms with Crippen molar-refractivity contribution in [3.05, 3.63) is 0 Å². The van der Waals surface area contributed by atoms with Gasteiger partial charge in [0, 0.05) is 5.33 Å². The summed E-state index contributed by atoms with van der Waals surface area (Å²) in [4.78, 5) is 0. The van der Waals surface area contributed by atoms with Gasteiger partial charge in [0.05, 0.1) is 0 Å². The van der Waals surface area contributed by atoms with Crippen molar-refractivity contribution in [2.24, 2.45) is 5.92 Å². The Hall–Kier alpha value is 0.410. The van der Waals surface area contributed by atoms with E-state index in [0.29, 0.717) is 5.33 Å². The van der Waals surface area contributed by atoms with Gasteiger partial charge in [-0.3, -0.25) is 0 Å². The lowest BCUT2D eigenvalue weighted by molar-refractivity contribution is 0.287. The van der Waals surface area contributed by atoms with E-state index in [4.69, 9.17) is 0 Å². The van der Waals surface area contributed by atoms with Crippen LogP contribution < -0.4 is 0 Å². The normalized spacial score (nSPS) is 15.0. The minimum absolute atomic E-state index is 0.152. The smallest absolute Gasteiger partial charge is 0.112 e. The monoisotopic (exact) mass is 168 g/mol. The molecule has 0 spiro atoms. The molecule has 0 aliphatic rings. The highest BCUT2D eigenvalue weighted by atomic mass is 79.9. The first kappa shape index (κ1) is 7.41. The SMILES string of the molecule is CC(C)[C@H](F)CBr. The van der Waals surface area contributed by atoms with Crippen LogP contribution in [0.1, 0.15) is 13.8 Å². The summed E-state index contributed by atoms with van der Waals surface area (Å²) in [5, 5.41) is 0.463. The highest BCUT2D eigenvalue weighted by Crippen LogP contribution is 2.07. The van der Waals surface area contributed by atoms with Crippen LogP contribution in [0.25, 0.3) is 0 Å². The lowest BCUT2D eigenvalue weighted by atomic mass is 10.1. The molecule has 0 unspecified atom stereocenters. The van der Waals surface area contributed by atoms with Crippen molar-refractivity contribution in [1.29, 1.82) is 0 Å². The van der Waals surface area contributed by atoms with Crippen molar-refractivity contribution in [2.45, 2.75) is 20.0 Å². The molecule has 0 aromatic rings. The fourth-order valence-electron chi connectivity index (χ4n) is 0.178. The molecule has 0 aromatic carbocycles. The maximum absolute atomic E-state index is 12.2. The molecule has 0 aliphatic carbocycles. The lowest BCUT2D eigenvalue weighted by Crippen LogP contribution is -2.09. The van der Waals surface area contributed by atoms with Crippen LogP contribution in [0.3, 0.4) is 0 Å². The molecule has 44 valence electrons. The summed E-state index contributed by atoms with van der Waals surface area (Å²) in [5.41, 5.74) is 0. The highest BCUT2D eigenvalue weighted by molar-refractivity contribution is 9.09. The first-order valence-corrected chi connectivity index (χ1v) is 3.50. The Balaban J connectivity index is 3.14. The first-order chi connectivity index (χ1) is 3.18. The van der Waals surface area contributed by atoms with Crippen molar-refractivity contribution >= 4 is 15.9 Å². The summed E-state index contributed by atoms with van der Waals surface area (Å²) >= 11 is 3.04. The van der Waals surface area contributed by atoms with Crippen LogP contribution in [0.4, 0.5) is 4.39 Å². The topological polar surface area (TPSA) is 0 Å². The Bertz CT molecular complexity index is 45.3. The first-order valence-electron chi connectivity index (χ1n) is 2.38. The largest absolute Gasteiger partial charge is 0.246 e. The number of hydrogen-bond donors (Lipinski definition) is 0. The molecule has 7 heavy (non-hydrogen) atoms. The van der Waals surface area contributed by atoms with Gasteiger partial charge in [-0.2, -0.15) is 0 Å². The summed E-state index contributed by atoms with van der Waals surface area (Å²) in [6, 6.07) is 0. The molecule has 0 aliphatic heterocycles. The van der Waals surface area contributed by atoms with Crippen LogP contribution in [0.5, 0.6) is 0 Å². The number of hydrogen-bond acceptors (Lipinski definition) is 0. The van der Waals surface area contributed by atoms with Gasteiger partial charge in [0.2, 0.25) is 0 Å². The Morgan fingerprint density at radius 2 is 2.00 bits per heavy atom. The third kappa shape index (κ3) is 3.03. The average Bonchev–Trinajstić information content (AvgIpc) is 1.65. The molecule has 0 fully saturated rings. The van der Waals surface area contributed by atoms with E-state index in [0.717, 1.165) is 0 Å². The zero-order valence-corrected chi connectivity index (χ0v) is 6.20. The third-order valence-corrected chi connectivity index (χ3v) is 1.49. The maximum atomic E-state index is 12.2. The highest BCUT2D eigenvalue weighted by Gasteiger charge is 2.07. The molecule has 0 heterocycles. The van der Waals surface area contributed by atoms with Gasteiger partial charge in [0.1, 0.15) is 6.17 Å². The van der Waals surface area contributed by atoms with Gasteiger partial charge in [-0.1, -0.05) is 29.8 Å². The van der Waals surface area contributed by atoms with Gasteiger partial charge < -0.3 is 0 Å². The maximum Gasteiger partial charge on any atom is 0.112 e. The molecule has 0 nitrogen and oxygen atoms in total. The van der Waals surface area contributed by atoms with Gasteiger partial charge in [0.15, 0.2) is 0 Å². The quantitative estimate of drug-likeness (QED) is 0.556. The lowest BCUT2D eigenvalue weighted by Gasteiger charge is -2.05. The minimum atomic E-state index is -0.681. The van der Waals surface area contributed by atoms with E-state index in [1.54, 1.807) is 0 Å². The molecule has 0 saturated carbocycles. The Morgan fingerprint density at radius 1 is 1.57 bits per heavy atom. The van der Waals surface area contributed by atoms with E-state index in [-0.39, 0.29) is 5.92 Å².